The van der Waals surface area contributed by atoms with Crippen molar-refractivity contribution in [2.45, 2.75) is 45.4 Å². The highest BCUT2D eigenvalue weighted by atomic mass is 32.2. The Morgan fingerprint density at radius 2 is 2.06 bits per heavy atom. The minimum absolute atomic E-state index is 0.0169. The molecule has 0 bridgehead atoms. The molecule has 174 valence electrons. The zero-order valence-corrected chi connectivity index (χ0v) is 19.7. The molecule has 1 aromatic rings. The summed E-state index contributed by atoms with van der Waals surface area (Å²) in [6.07, 6.45) is 1.56. The molecule has 1 atom stereocenters. The van der Waals surface area contributed by atoms with Crippen LogP contribution in [0.5, 0.6) is 5.75 Å². The van der Waals surface area contributed by atoms with Gasteiger partial charge in [0.1, 0.15) is 11.9 Å². The van der Waals surface area contributed by atoms with Crippen molar-refractivity contribution in [1.29, 1.82) is 0 Å². The van der Waals surface area contributed by atoms with Crippen molar-refractivity contribution in [2.75, 3.05) is 45.1 Å². The van der Waals surface area contributed by atoms with Crippen LogP contribution in [0.4, 0.5) is 0 Å². The molecule has 0 aliphatic carbocycles. The zero-order chi connectivity index (χ0) is 22.5. The van der Waals surface area contributed by atoms with E-state index >= 15 is 0 Å². The first-order chi connectivity index (χ1) is 15.5. The zero-order valence-electron chi connectivity index (χ0n) is 18.8. The van der Waals surface area contributed by atoms with Crippen LogP contribution in [0.3, 0.4) is 0 Å². The van der Waals surface area contributed by atoms with Gasteiger partial charge in [-0.25, -0.2) is 0 Å². The van der Waals surface area contributed by atoms with Gasteiger partial charge in [0.15, 0.2) is 5.17 Å². The monoisotopic (exact) mass is 460 g/mol. The van der Waals surface area contributed by atoms with Gasteiger partial charge in [0.2, 0.25) is 0 Å². The summed E-state index contributed by atoms with van der Waals surface area (Å²) in [7, 11) is 0. The van der Waals surface area contributed by atoms with Gasteiger partial charge >= 0.3 is 0 Å². The topological polar surface area (TPSA) is 83.5 Å². The summed E-state index contributed by atoms with van der Waals surface area (Å²) in [4.78, 5) is 33.9. The van der Waals surface area contributed by atoms with Crippen molar-refractivity contribution in [3.63, 3.8) is 0 Å². The second-order valence-electron chi connectivity index (χ2n) is 8.62. The van der Waals surface area contributed by atoms with E-state index < -0.39 is 0 Å². The van der Waals surface area contributed by atoms with E-state index in [4.69, 9.17) is 9.47 Å². The highest BCUT2D eigenvalue weighted by Gasteiger charge is 2.30. The molecule has 9 heteroatoms. The molecule has 8 nitrogen and oxygen atoms in total. The predicted molar refractivity (Wildman–Crippen MR) is 125 cm³/mol. The molecule has 32 heavy (non-hydrogen) atoms. The Labute approximate surface area is 193 Å². The van der Waals surface area contributed by atoms with Crippen molar-refractivity contribution >= 4 is 28.7 Å². The number of rotatable bonds is 6. The number of ether oxygens (including phenoxy) is 2. The lowest BCUT2D eigenvalue weighted by molar-refractivity contribution is -0.142. The van der Waals surface area contributed by atoms with E-state index in [0.717, 1.165) is 43.8 Å². The number of thioether (sulfide) groups is 1. The first kappa shape index (κ1) is 23.1. The molecule has 3 aliphatic rings. The molecular weight excluding hydrogens is 428 g/mol. The maximum Gasteiger partial charge on any atom is 0.257 e. The van der Waals surface area contributed by atoms with Crippen molar-refractivity contribution in [1.82, 2.24) is 15.1 Å². The van der Waals surface area contributed by atoms with E-state index in [2.05, 4.69) is 15.2 Å². The summed E-state index contributed by atoms with van der Waals surface area (Å²) in [5.41, 5.74) is 1.59. The van der Waals surface area contributed by atoms with Gasteiger partial charge in [-0.05, 0) is 50.5 Å². The Balaban J connectivity index is 1.39. The number of carbonyl (C=O) groups is 2. The lowest BCUT2D eigenvalue weighted by atomic mass is 10.1. The number of nitrogens with one attached hydrogen (secondary N) is 1. The average molecular weight is 461 g/mol. The molecule has 2 saturated heterocycles. The number of nitrogens with zero attached hydrogens (tertiary/aromatic N) is 3. The second-order valence-corrected chi connectivity index (χ2v) is 9.71. The van der Waals surface area contributed by atoms with Crippen LogP contribution in [0.15, 0.2) is 23.2 Å². The number of benzene rings is 1. The first-order valence-corrected chi connectivity index (χ1v) is 12.4. The Bertz CT molecular complexity index is 862. The van der Waals surface area contributed by atoms with Crippen LogP contribution in [0, 0.1) is 0 Å². The standard InChI is InChI=1S/C23H32N4O4S/c1-16(2)31-19-13-17(12-18(14-19)21(28)25-23-24-5-11-32-23)15-26-6-8-27(9-7-26)22(29)20-4-3-10-30-20/h12-14,16,20H,3-11,15H2,1-2H3,(H,24,25,28). The lowest BCUT2D eigenvalue weighted by Crippen LogP contribution is -2.51. The average Bonchev–Trinajstić information content (AvgIpc) is 3.47. The van der Waals surface area contributed by atoms with Gasteiger partial charge in [-0.2, -0.15) is 0 Å². The minimum atomic E-state index is -0.255. The van der Waals surface area contributed by atoms with Gasteiger partial charge in [0.25, 0.3) is 11.8 Å². The molecular formula is C23H32N4O4S. The molecule has 3 heterocycles. The minimum Gasteiger partial charge on any atom is -0.491 e. The summed E-state index contributed by atoms with van der Waals surface area (Å²) < 4.78 is 11.5. The fourth-order valence-corrected chi connectivity index (χ4v) is 4.89. The van der Waals surface area contributed by atoms with E-state index in [1.165, 1.54) is 0 Å². The molecule has 0 saturated carbocycles. The van der Waals surface area contributed by atoms with E-state index in [1.54, 1.807) is 17.8 Å². The number of amides is 2. The van der Waals surface area contributed by atoms with Crippen molar-refractivity contribution < 1.29 is 19.1 Å². The van der Waals surface area contributed by atoms with E-state index in [9.17, 15) is 9.59 Å². The first-order valence-electron chi connectivity index (χ1n) is 11.4. The van der Waals surface area contributed by atoms with Gasteiger partial charge in [0, 0.05) is 50.6 Å². The third-order valence-corrected chi connectivity index (χ3v) is 6.59. The number of piperazine rings is 1. The van der Waals surface area contributed by atoms with E-state index in [-0.39, 0.29) is 24.0 Å². The van der Waals surface area contributed by atoms with Gasteiger partial charge in [0.05, 0.1) is 12.6 Å². The highest BCUT2D eigenvalue weighted by molar-refractivity contribution is 8.14. The van der Waals surface area contributed by atoms with Gasteiger partial charge < -0.3 is 19.7 Å². The van der Waals surface area contributed by atoms with Crippen LogP contribution in [-0.4, -0.2) is 84.1 Å². The van der Waals surface area contributed by atoms with Crippen LogP contribution >= 0.6 is 11.8 Å². The number of aliphatic imine (C=N–C) groups is 1. The van der Waals surface area contributed by atoms with Crippen molar-refractivity contribution in [2.24, 2.45) is 4.99 Å². The van der Waals surface area contributed by atoms with Gasteiger partial charge in [-0.3, -0.25) is 19.5 Å². The number of hydrogen-bond donors (Lipinski definition) is 1. The summed E-state index contributed by atoms with van der Waals surface area (Å²) in [5.74, 6) is 1.55. The third kappa shape index (κ3) is 6.02. The number of carbonyl (C=O) groups excluding carboxylic acids is 2. The van der Waals surface area contributed by atoms with Crippen LogP contribution in [0.1, 0.15) is 42.6 Å². The smallest absolute Gasteiger partial charge is 0.257 e. The van der Waals surface area contributed by atoms with E-state index in [1.807, 2.05) is 30.9 Å². The molecule has 0 radical (unpaired) electrons. The fourth-order valence-electron chi connectivity index (χ4n) is 4.16. The van der Waals surface area contributed by atoms with Gasteiger partial charge in [-0.1, -0.05) is 11.8 Å². The van der Waals surface area contributed by atoms with Crippen LogP contribution < -0.4 is 10.1 Å². The van der Waals surface area contributed by atoms with Crippen LogP contribution in [-0.2, 0) is 16.1 Å². The lowest BCUT2D eigenvalue weighted by Gasteiger charge is -2.35. The number of hydrogen-bond acceptors (Lipinski definition) is 7. The maximum atomic E-state index is 12.8. The molecule has 0 aromatic heterocycles. The van der Waals surface area contributed by atoms with Crippen molar-refractivity contribution in [3.05, 3.63) is 29.3 Å². The molecule has 2 amide bonds. The molecule has 0 spiro atoms. The van der Waals surface area contributed by atoms with Crippen LogP contribution in [0.25, 0.3) is 0 Å². The molecule has 2 fully saturated rings. The second kappa shape index (κ2) is 10.7. The normalized spacial score (nSPS) is 21.7. The maximum absolute atomic E-state index is 12.8. The van der Waals surface area contributed by atoms with Gasteiger partial charge in [-0.15, -0.1) is 0 Å². The summed E-state index contributed by atoms with van der Waals surface area (Å²) in [5, 5.41) is 3.58. The Morgan fingerprint density at radius 1 is 1.25 bits per heavy atom. The predicted octanol–water partition coefficient (Wildman–Crippen LogP) is 2.13. The largest absolute Gasteiger partial charge is 0.491 e. The fraction of sp³-hybridized carbons (Fsp3) is 0.609. The quantitative estimate of drug-likeness (QED) is 0.700. The SMILES string of the molecule is CC(C)Oc1cc(CN2CCN(C(=O)C3CCCO3)CC2)cc(C(=O)NC2=NCCS2)c1. The summed E-state index contributed by atoms with van der Waals surface area (Å²) in [6, 6.07) is 5.71. The Morgan fingerprint density at radius 3 is 2.72 bits per heavy atom. The molecule has 1 N–H and O–H groups in total. The number of amidine groups is 1. The summed E-state index contributed by atoms with van der Waals surface area (Å²) >= 11 is 1.56. The van der Waals surface area contributed by atoms with Crippen molar-refractivity contribution in [3.8, 4) is 5.75 Å². The van der Waals surface area contributed by atoms with E-state index in [0.29, 0.717) is 42.7 Å². The molecule has 1 aromatic carbocycles. The Kier molecular flexibility index (Phi) is 7.70. The van der Waals surface area contributed by atoms with Crippen LogP contribution in [0.2, 0.25) is 0 Å². The molecule has 1 unspecified atom stereocenters. The third-order valence-electron chi connectivity index (χ3n) is 5.70. The Hall–Kier alpha value is -2.10. The molecule has 4 rings (SSSR count). The molecule has 3 aliphatic heterocycles. The highest BCUT2D eigenvalue weighted by Crippen LogP contribution is 2.22. The summed E-state index contributed by atoms with van der Waals surface area (Å²) in [6.45, 7) is 9.06.